The van der Waals surface area contributed by atoms with Gasteiger partial charge in [0.05, 0.1) is 11.8 Å². The number of hydrogen-bond acceptors (Lipinski definition) is 4. The fourth-order valence-electron chi connectivity index (χ4n) is 3.80. The van der Waals surface area contributed by atoms with E-state index >= 15 is 0 Å². The average molecular weight is 422 g/mol. The quantitative estimate of drug-likeness (QED) is 0.677. The van der Waals surface area contributed by atoms with E-state index in [2.05, 4.69) is 44.2 Å². The Bertz CT molecular complexity index is 1120. The summed E-state index contributed by atoms with van der Waals surface area (Å²) in [5.41, 5.74) is 14.4. The fraction of sp³-hybridized carbons (Fsp3) is 0.208. The minimum Gasteiger partial charge on any atom is -0.402 e. The highest BCUT2D eigenvalue weighted by atomic mass is 35.5. The molecule has 1 atom stereocenters. The third-order valence-corrected chi connectivity index (χ3v) is 6.99. The first-order chi connectivity index (χ1) is 13.8. The van der Waals surface area contributed by atoms with Gasteiger partial charge in [-0.15, -0.1) is 11.3 Å². The van der Waals surface area contributed by atoms with E-state index in [1.165, 1.54) is 26.5 Å². The molecule has 0 saturated carbocycles. The van der Waals surface area contributed by atoms with Gasteiger partial charge in [-0.1, -0.05) is 36.9 Å². The van der Waals surface area contributed by atoms with E-state index in [0.717, 1.165) is 22.5 Å². The highest BCUT2D eigenvalue weighted by molar-refractivity contribution is 7.13. The third-order valence-electron chi connectivity index (χ3n) is 5.49. The van der Waals surface area contributed by atoms with Gasteiger partial charge in [0, 0.05) is 62.5 Å². The monoisotopic (exact) mass is 421 g/mol. The van der Waals surface area contributed by atoms with Crippen molar-refractivity contribution in [1.29, 1.82) is 0 Å². The molecule has 3 heterocycles. The maximum Gasteiger partial charge on any atom is 0.0818 e. The Balaban J connectivity index is 2.03. The lowest BCUT2D eigenvalue weighted by atomic mass is 9.91. The molecule has 29 heavy (non-hydrogen) atoms. The van der Waals surface area contributed by atoms with Crippen LogP contribution < -0.4 is 5.73 Å². The molecule has 4 rings (SSSR count). The summed E-state index contributed by atoms with van der Waals surface area (Å²) in [6.07, 6.45) is 4.88. The van der Waals surface area contributed by atoms with Gasteiger partial charge in [-0.3, -0.25) is 4.99 Å². The minimum absolute atomic E-state index is 0.116. The molecule has 2 aromatic rings. The van der Waals surface area contributed by atoms with E-state index in [0.29, 0.717) is 17.1 Å². The van der Waals surface area contributed by atoms with Crippen molar-refractivity contribution in [3.63, 3.8) is 0 Å². The Morgan fingerprint density at radius 1 is 1.28 bits per heavy atom. The van der Waals surface area contributed by atoms with Crippen LogP contribution in [0.5, 0.6) is 0 Å². The zero-order valence-electron chi connectivity index (χ0n) is 16.9. The lowest BCUT2D eigenvalue weighted by molar-refractivity contribution is 0.583. The Morgan fingerprint density at radius 2 is 1.97 bits per heavy atom. The fourth-order valence-corrected chi connectivity index (χ4v) is 5.12. The predicted octanol–water partition coefficient (Wildman–Crippen LogP) is 5.83. The minimum atomic E-state index is -0.116. The number of rotatable bonds is 3. The second-order valence-electron chi connectivity index (χ2n) is 7.59. The zero-order valence-corrected chi connectivity index (χ0v) is 18.5. The van der Waals surface area contributed by atoms with Crippen molar-refractivity contribution in [2.24, 2.45) is 10.7 Å². The van der Waals surface area contributed by atoms with Crippen LogP contribution in [0.25, 0.3) is 5.57 Å². The first kappa shape index (κ1) is 19.7. The largest absolute Gasteiger partial charge is 0.402 e. The van der Waals surface area contributed by atoms with Crippen LogP contribution in [0.3, 0.4) is 0 Å². The lowest BCUT2D eigenvalue weighted by Gasteiger charge is -2.27. The Labute approximate surface area is 181 Å². The van der Waals surface area contributed by atoms with Crippen LogP contribution in [0.4, 0.5) is 0 Å². The smallest absolute Gasteiger partial charge is 0.0818 e. The molecule has 0 spiro atoms. The average Bonchev–Trinajstić information content (AvgIpc) is 2.89. The summed E-state index contributed by atoms with van der Waals surface area (Å²) in [5.74, 6) is 0. The first-order valence-electron chi connectivity index (χ1n) is 9.49. The molecule has 0 radical (unpaired) electrons. The molecule has 2 N–H and O–H groups in total. The number of aliphatic imine (C=N–C) groups is 1. The van der Waals surface area contributed by atoms with Gasteiger partial charge >= 0.3 is 0 Å². The standard InChI is InChI=1S/C24H24ClN3S/c1-13(26)10-21-19-11-14(2)28(5)12-20(19)24-22(15(3)16(4)29-24)23(27-21)17-6-8-18(25)9-7-17/h6-9,11-12,21H,1-2,10,26H2,3-5H3. The van der Waals surface area contributed by atoms with Gasteiger partial charge in [-0.25, -0.2) is 0 Å². The maximum atomic E-state index is 6.15. The highest BCUT2D eigenvalue weighted by Crippen LogP contribution is 2.44. The van der Waals surface area contributed by atoms with Crippen molar-refractivity contribution >= 4 is 34.2 Å². The molecule has 2 aliphatic rings. The van der Waals surface area contributed by atoms with Crippen molar-refractivity contribution in [3.8, 4) is 0 Å². The molecule has 0 saturated heterocycles. The zero-order chi connectivity index (χ0) is 20.9. The Kier molecular flexibility index (Phi) is 5.01. The van der Waals surface area contributed by atoms with E-state index in [1.54, 1.807) is 0 Å². The molecule has 3 nitrogen and oxygen atoms in total. The molecule has 5 heteroatoms. The number of fused-ring (bicyclic) bond motifs is 3. The number of benzene rings is 1. The highest BCUT2D eigenvalue weighted by Gasteiger charge is 2.32. The molecule has 0 amide bonds. The van der Waals surface area contributed by atoms with E-state index in [-0.39, 0.29) is 6.04 Å². The number of nitrogens with zero attached hydrogens (tertiary/aromatic N) is 2. The number of thiophene rings is 1. The maximum absolute atomic E-state index is 6.15. The molecular formula is C24H24ClN3S. The van der Waals surface area contributed by atoms with Crippen LogP contribution in [0.2, 0.25) is 5.02 Å². The molecule has 1 unspecified atom stereocenters. The lowest BCUT2D eigenvalue weighted by Crippen LogP contribution is -2.20. The van der Waals surface area contributed by atoms with Crippen LogP contribution >= 0.6 is 22.9 Å². The van der Waals surface area contributed by atoms with E-state index in [4.69, 9.17) is 22.3 Å². The summed E-state index contributed by atoms with van der Waals surface area (Å²) in [5, 5.41) is 0.713. The van der Waals surface area contributed by atoms with Crippen molar-refractivity contribution in [3.05, 3.63) is 98.1 Å². The number of nitrogens with two attached hydrogens (primary N) is 1. The number of aryl methyl sites for hydroxylation is 1. The van der Waals surface area contributed by atoms with Crippen LogP contribution in [0.1, 0.15) is 32.9 Å². The van der Waals surface area contributed by atoms with E-state index in [9.17, 15) is 0 Å². The molecule has 1 aromatic heterocycles. The molecular weight excluding hydrogens is 398 g/mol. The number of likely N-dealkylation sites (N-methyl/N-ethyl adjacent to an activating group) is 1. The second kappa shape index (κ2) is 7.36. The van der Waals surface area contributed by atoms with E-state index in [1.807, 2.05) is 42.6 Å². The van der Waals surface area contributed by atoms with Gasteiger partial charge in [0.25, 0.3) is 0 Å². The number of allylic oxidation sites excluding steroid dienone is 1. The van der Waals surface area contributed by atoms with Gasteiger partial charge in [0.15, 0.2) is 0 Å². The summed E-state index contributed by atoms with van der Waals surface area (Å²) in [7, 11) is 2.03. The SMILES string of the molecule is C=C(N)CC1N=C(c2ccc(Cl)cc2)c2c(sc(C)c2C)C2=CN(C)C(=C)C=C21. The summed E-state index contributed by atoms with van der Waals surface area (Å²) in [4.78, 5) is 9.85. The van der Waals surface area contributed by atoms with Gasteiger partial charge in [-0.2, -0.15) is 0 Å². The van der Waals surface area contributed by atoms with Crippen molar-refractivity contribution in [1.82, 2.24) is 4.90 Å². The third kappa shape index (κ3) is 3.47. The normalized spacial score (nSPS) is 18.3. The second-order valence-corrected chi connectivity index (χ2v) is 9.26. The van der Waals surface area contributed by atoms with Crippen molar-refractivity contribution in [2.75, 3.05) is 7.05 Å². The van der Waals surface area contributed by atoms with Crippen LogP contribution in [-0.2, 0) is 0 Å². The summed E-state index contributed by atoms with van der Waals surface area (Å²) >= 11 is 7.96. The predicted molar refractivity (Wildman–Crippen MR) is 126 cm³/mol. The Hall–Kier alpha value is -2.56. The molecule has 148 valence electrons. The molecule has 2 aliphatic heterocycles. The Morgan fingerprint density at radius 3 is 2.62 bits per heavy atom. The van der Waals surface area contributed by atoms with Crippen LogP contribution in [0.15, 0.2) is 71.7 Å². The summed E-state index contributed by atoms with van der Waals surface area (Å²) < 4.78 is 0. The first-order valence-corrected chi connectivity index (χ1v) is 10.7. The summed E-state index contributed by atoms with van der Waals surface area (Å²) in [6, 6.07) is 7.78. The molecule has 0 aliphatic carbocycles. The summed E-state index contributed by atoms with van der Waals surface area (Å²) in [6.45, 7) is 12.5. The van der Waals surface area contributed by atoms with Crippen LogP contribution in [0, 0.1) is 13.8 Å². The number of halogens is 1. The van der Waals surface area contributed by atoms with Gasteiger partial charge in [0.1, 0.15) is 0 Å². The van der Waals surface area contributed by atoms with Crippen molar-refractivity contribution in [2.45, 2.75) is 26.3 Å². The van der Waals surface area contributed by atoms with E-state index < -0.39 is 0 Å². The molecule has 1 aromatic carbocycles. The van der Waals surface area contributed by atoms with Gasteiger partial charge in [0.2, 0.25) is 0 Å². The number of hydrogen-bond donors (Lipinski definition) is 1. The molecule has 0 bridgehead atoms. The molecule has 0 fully saturated rings. The van der Waals surface area contributed by atoms with Crippen LogP contribution in [-0.4, -0.2) is 23.7 Å². The van der Waals surface area contributed by atoms with Gasteiger partial charge in [-0.05, 0) is 43.2 Å². The van der Waals surface area contributed by atoms with Crippen molar-refractivity contribution < 1.29 is 0 Å². The van der Waals surface area contributed by atoms with Gasteiger partial charge < -0.3 is 10.6 Å². The topological polar surface area (TPSA) is 41.6 Å².